The van der Waals surface area contributed by atoms with Crippen molar-refractivity contribution in [3.63, 3.8) is 0 Å². The third-order valence-corrected chi connectivity index (χ3v) is 4.64. The number of hydrogen-bond acceptors (Lipinski definition) is 2. The van der Waals surface area contributed by atoms with Gasteiger partial charge in [0.25, 0.3) is 0 Å². The van der Waals surface area contributed by atoms with Crippen molar-refractivity contribution in [1.29, 1.82) is 0 Å². The maximum atomic E-state index is 12.6. The minimum atomic E-state index is -1.30. The predicted octanol–water partition coefficient (Wildman–Crippen LogP) is 3.30. The number of benzene rings is 2. The van der Waals surface area contributed by atoms with E-state index in [2.05, 4.69) is 5.32 Å². The molecule has 0 heterocycles. The highest BCUT2D eigenvalue weighted by Gasteiger charge is 2.22. The molecule has 0 aliphatic carbocycles. The van der Waals surface area contributed by atoms with E-state index in [0.717, 1.165) is 11.1 Å². The van der Waals surface area contributed by atoms with Crippen LogP contribution in [-0.4, -0.2) is 22.9 Å². The SMILES string of the molecule is CC.CNC(=O)CS(=O)C(c1ccccc1)c1ccccc1. The lowest BCUT2D eigenvalue weighted by molar-refractivity contribution is -0.118. The summed E-state index contributed by atoms with van der Waals surface area (Å²) in [4.78, 5) is 11.5. The molecular weight excluding hydrogens is 294 g/mol. The zero-order valence-electron chi connectivity index (χ0n) is 13.3. The van der Waals surface area contributed by atoms with Crippen LogP contribution in [0.3, 0.4) is 0 Å². The summed E-state index contributed by atoms with van der Waals surface area (Å²) in [6.45, 7) is 4.00. The molecular formula is C18H23NO2S. The molecule has 0 saturated heterocycles. The van der Waals surface area contributed by atoms with Crippen molar-refractivity contribution < 1.29 is 9.00 Å². The van der Waals surface area contributed by atoms with Gasteiger partial charge >= 0.3 is 0 Å². The average molecular weight is 317 g/mol. The summed E-state index contributed by atoms with van der Waals surface area (Å²) in [6.07, 6.45) is 0. The molecule has 2 rings (SSSR count). The van der Waals surface area contributed by atoms with Gasteiger partial charge in [0.2, 0.25) is 5.91 Å². The molecule has 0 aliphatic heterocycles. The summed E-state index contributed by atoms with van der Waals surface area (Å²) >= 11 is 0. The van der Waals surface area contributed by atoms with Crippen molar-refractivity contribution >= 4 is 16.7 Å². The van der Waals surface area contributed by atoms with Gasteiger partial charge in [0.1, 0.15) is 5.75 Å². The summed E-state index contributed by atoms with van der Waals surface area (Å²) in [7, 11) is 0.253. The molecule has 0 aliphatic rings. The fourth-order valence-corrected chi connectivity index (χ4v) is 3.53. The number of nitrogens with one attached hydrogen (secondary N) is 1. The van der Waals surface area contributed by atoms with Crippen molar-refractivity contribution in [1.82, 2.24) is 5.32 Å². The molecule has 2 aromatic rings. The topological polar surface area (TPSA) is 46.2 Å². The Morgan fingerprint density at radius 1 is 0.955 bits per heavy atom. The van der Waals surface area contributed by atoms with Crippen LogP contribution in [0.15, 0.2) is 60.7 Å². The number of hydrogen-bond donors (Lipinski definition) is 1. The van der Waals surface area contributed by atoms with Gasteiger partial charge in [0, 0.05) is 17.8 Å². The minimum absolute atomic E-state index is 0.00492. The van der Waals surface area contributed by atoms with Gasteiger partial charge in [0.05, 0.1) is 5.25 Å². The maximum absolute atomic E-state index is 12.6. The van der Waals surface area contributed by atoms with Gasteiger partial charge in [-0.2, -0.15) is 0 Å². The summed E-state index contributed by atoms with van der Waals surface area (Å²) in [5, 5.41) is 2.24. The Hall–Kier alpha value is -1.94. The van der Waals surface area contributed by atoms with Gasteiger partial charge in [-0.15, -0.1) is 0 Å². The Balaban J connectivity index is 0.00000116. The zero-order chi connectivity index (χ0) is 16.4. The van der Waals surface area contributed by atoms with Gasteiger partial charge in [0.15, 0.2) is 0 Å². The molecule has 118 valence electrons. The van der Waals surface area contributed by atoms with Crippen LogP contribution in [-0.2, 0) is 15.6 Å². The maximum Gasteiger partial charge on any atom is 0.232 e. The Labute approximate surface area is 135 Å². The van der Waals surface area contributed by atoms with Gasteiger partial charge in [-0.3, -0.25) is 9.00 Å². The first-order valence-corrected chi connectivity index (χ1v) is 8.78. The highest BCUT2D eigenvalue weighted by molar-refractivity contribution is 7.86. The van der Waals surface area contributed by atoms with E-state index in [1.54, 1.807) is 7.05 Å². The second-order valence-electron chi connectivity index (χ2n) is 4.40. The Morgan fingerprint density at radius 2 is 1.36 bits per heavy atom. The van der Waals surface area contributed by atoms with E-state index in [1.807, 2.05) is 74.5 Å². The highest BCUT2D eigenvalue weighted by Crippen LogP contribution is 2.28. The second-order valence-corrected chi connectivity index (χ2v) is 5.92. The molecule has 2 aromatic carbocycles. The fraction of sp³-hybridized carbons (Fsp3) is 0.278. The lowest BCUT2D eigenvalue weighted by Crippen LogP contribution is -2.26. The molecule has 0 radical (unpaired) electrons. The van der Waals surface area contributed by atoms with Crippen molar-refractivity contribution in [3.8, 4) is 0 Å². The molecule has 1 N–H and O–H groups in total. The number of amides is 1. The van der Waals surface area contributed by atoms with E-state index in [0.29, 0.717) is 0 Å². The monoisotopic (exact) mass is 317 g/mol. The lowest BCUT2D eigenvalue weighted by Gasteiger charge is -2.17. The van der Waals surface area contributed by atoms with Crippen LogP contribution in [0.5, 0.6) is 0 Å². The second kappa shape index (κ2) is 9.90. The molecule has 0 fully saturated rings. The third kappa shape index (κ3) is 5.11. The normalized spacial score (nSPS) is 11.3. The van der Waals surface area contributed by atoms with Crippen molar-refractivity contribution in [2.75, 3.05) is 12.8 Å². The zero-order valence-corrected chi connectivity index (χ0v) is 14.1. The highest BCUT2D eigenvalue weighted by atomic mass is 32.2. The molecule has 0 bridgehead atoms. The smallest absolute Gasteiger partial charge is 0.232 e. The number of carbonyl (C=O) groups is 1. The molecule has 0 aromatic heterocycles. The van der Waals surface area contributed by atoms with Crippen LogP contribution >= 0.6 is 0 Å². The van der Waals surface area contributed by atoms with Crippen LogP contribution in [0.2, 0.25) is 0 Å². The largest absolute Gasteiger partial charge is 0.358 e. The van der Waals surface area contributed by atoms with E-state index in [4.69, 9.17) is 0 Å². The quantitative estimate of drug-likeness (QED) is 0.920. The predicted molar refractivity (Wildman–Crippen MR) is 93.2 cm³/mol. The van der Waals surface area contributed by atoms with E-state index < -0.39 is 10.8 Å². The molecule has 22 heavy (non-hydrogen) atoms. The molecule has 1 atom stereocenters. The van der Waals surface area contributed by atoms with Gasteiger partial charge in [-0.1, -0.05) is 74.5 Å². The van der Waals surface area contributed by atoms with Crippen molar-refractivity contribution in [3.05, 3.63) is 71.8 Å². The molecule has 1 unspecified atom stereocenters. The summed E-state index contributed by atoms with van der Waals surface area (Å²) in [6, 6.07) is 19.3. The number of rotatable bonds is 5. The summed E-state index contributed by atoms with van der Waals surface area (Å²) in [5.74, 6) is -0.203. The fourth-order valence-electron chi connectivity index (χ4n) is 2.04. The van der Waals surface area contributed by atoms with Crippen LogP contribution in [0.1, 0.15) is 30.2 Å². The lowest BCUT2D eigenvalue weighted by atomic mass is 10.0. The molecule has 0 saturated carbocycles. The first-order valence-electron chi connectivity index (χ1n) is 7.40. The number of carbonyl (C=O) groups excluding carboxylic acids is 1. The Morgan fingerprint density at radius 3 is 1.73 bits per heavy atom. The third-order valence-electron chi connectivity index (χ3n) is 3.02. The van der Waals surface area contributed by atoms with Crippen LogP contribution in [0, 0.1) is 0 Å². The summed E-state index contributed by atoms with van der Waals surface area (Å²) < 4.78 is 12.6. The molecule has 1 amide bonds. The van der Waals surface area contributed by atoms with Crippen molar-refractivity contribution in [2.24, 2.45) is 0 Å². The minimum Gasteiger partial charge on any atom is -0.358 e. The molecule has 0 spiro atoms. The van der Waals surface area contributed by atoms with Gasteiger partial charge in [-0.05, 0) is 11.1 Å². The van der Waals surface area contributed by atoms with Crippen molar-refractivity contribution in [2.45, 2.75) is 19.1 Å². The van der Waals surface area contributed by atoms with Gasteiger partial charge < -0.3 is 5.32 Å². The standard InChI is InChI=1S/C16H17NO2S.C2H6/c1-17-15(18)12-20(19)16(13-8-4-2-5-9-13)14-10-6-3-7-11-14;1-2/h2-11,16H,12H2,1H3,(H,17,18);1-2H3. The van der Waals surface area contributed by atoms with Gasteiger partial charge in [-0.25, -0.2) is 0 Å². The molecule has 3 nitrogen and oxygen atoms in total. The van der Waals surface area contributed by atoms with E-state index >= 15 is 0 Å². The van der Waals surface area contributed by atoms with Crippen LogP contribution < -0.4 is 5.32 Å². The molecule has 4 heteroatoms. The van der Waals surface area contributed by atoms with E-state index in [-0.39, 0.29) is 16.9 Å². The average Bonchev–Trinajstić information content (AvgIpc) is 2.58. The Bertz CT molecular complexity index is 545. The van der Waals surface area contributed by atoms with Crippen LogP contribution in [0.25, 0.3) is 0 Å². The first kappa shape index (κ1) is 18.1. The van der Waals surface area contributed by atoms with E-state index in [9.17, 15) is 9.00 Å². The Kier molecular flexibility index (Phi) is 8.15. The van der Waals surface area contributed by atoms with Crippen LogP contribution in [0.4, 0.5) is 0 Å². The summed E-state index contributed by atoms with van der Waals surface area (Å²) in [5.41, 5.74) is 1.92. The van der Waals surface area contributed by atoms with E-state index in [1.165, 1.54) is 0 Å². The first-order chi connectivity index (χ1) is 10.7.